The van der Waals surface area contributed by atoms with Gasteiger partial charge in [0.25, 0.3) is 0 Å². The van der Waals surface area contributed by atoms with Crippen molar-refractivity contribution in [2.45, 2.75) is 19.8 Å². The molecular weight excluding hydrogens is 364 g/mol. The van der Waals surface area contributed by atoms with Crippen LogP contribution in [0.15, 0.2) is 72.9 Å². The second-order valence-corrected chi connectivity index (χ2v) is 6.87. The summed E-state index contributed by atoms with van der Waals surface area (Å²) in [6.07, 6.45) is 2.20. The number of hydrogen-bond donors (Lipinski definition) is 1. The molecule has 2 aromatic carbocycles. The Labute approximate surface area is 168 Å². The molecule has 29 heavy (non-hydrogen) atoms. The van der Waals surface area contributed by atoms with Crippen LogP contribution in [0.5, 0.6) is 0 Å². The summed E-state index contributed by atoms with van der Waals surface area (Å²) in [4.78, 5) is 24.6. The molecule has 0 saturated heterocycles. The van der Waals surface area contributed by atoms with Crippen molar-refractivity contribution < 1.29 is 9.59 Å². The van der Waals surface area contributed by atoms with E-state index >= 15 is 0 Å². The van der Waals surface area contributed by atoms with Gasteiger partial charge in [0.1, 0.15) is 0 Å². The summed E-state index contributed by atoms with van der Waals surface area (Å²) in [7, 11) is 0. The van der Waals surface area contributed by atoms with E-state index in [1.807, 2.05) is 72.1 Å². The fraction of sp³-hybridized carbons (Fsp3) is 0.130. The van der Waals surface area contributed by atoms with Gasteiger partial charge in [0, 0.05) is 35.9 Å². The minimum Gasteiger partial charge on any atom is -0.326 e. The first-order valence-corrected chi connectivity index (χ1v) is 9.40. The molecule has 0 aliphatic rings. The lowest BCUT2D eigenvalue weighted by atomic mass is 10.0. The van der Waals surface area contributed by atoms with Gasteiger partial charge >= 0.3 is 0 Å². The third kappa shape index (κ3) is 4.21. The van der Waals surface area contributed by atoms with Crippen LogP contribution >= 0.6 is 0 Å². The highest BCUT2D eigenvalue weighted by molar-refractivity contribution is 6.00. The number of Topliss-reactive ketones (excluding diaryl/α,β-unsaturated/α-hetero) is 1. The maximum Gasteiger partial charge on any atom is 0.224 e. The van der Waals surface area contributed by atoms with E-state index in [2.05, 4.69) is 15.5 Å². The zero-order valence-electron chi connectivity index (χ0n) is 16.0. The Morgan fingerprint density at radius 2 is 1.76 bits per heavy atom. The number of aromatic nitrogens is 3. The number of fused-ring (bicyclic) bond motifs is 1. The van der Waals surface area contributed by atoms with Crippen LogP contribution in [0.2, 0.25) is 0 Å². The number of anilines is 1. The molecule has 6 nitrogen and oxygen atoms in total. The monoisotopic (exact) mass is 384 g/mol. The molecule has 144 valence electrons. The zero-order valence-corrected chi connectivity index (χ0v) is 16.0. The summed E-state index contributed by atoms with van der Waals surface area (Å²) in [5, 5.41) is 11.3. The second kappa shape index (κ2) is 8.06. The second-order valence-electron chi connectivity index (χ2n) is 6.87. The maximum atomic E-state index is 12.3. The normalized spacial score (nSPS) is 10.8. The van der Waals surface area contributed by atoms with Crippen molar-refractivity contribution in [3.05, 3.63) is 84.1 Å². The fourth-order valence-electron chi connectivity index (χ4n) is 3.11. The lowest BCUT2D eigenvalue weighted by molar-refractivity contribution is -0.116. The average molecular weight is 384 g/mol. The molecule has 4 rings (SSSR count). The lowest BCUT2D eigenvalue weighted by Gasteiger charge is -2.07. The first-order valence-electron chi connectivity index (χ1n) is 9.40. The number of carbonyl (C=O) groups excluding carboxylic acids is 2. The van der Waals surface area contributed by atoms with E-state index in [9.17, 15) is 9.59 Å². The molecule has 6 heteroatoms. The van der Waals surface area contributed by atoms with E-state index in [4.69, 9.17) is 0 Å². The number of nitrogens with one attached hydrogen (secondary N) is 1. The topological polar surface area (TPSA) is 76.4 Å². The number of carbonyl (C=O) groups is 2. The Hall–Kier alpha value is -3.80. The van der Waals surface area contributed by atoms with E-state index in [1.165, 1.54) is 0 Å². The van der Waals surface area contributed by atoms with Gasteiger partial charge in [-0.15, -0.1) is 10.2 Å². The Kier molecular flexibility index (Phi) is 5.16. The molecular formula is C23H20N4O2. The van der Waals surface area contributed by atoms with Crippen molar-refractivity contribution in [1.82, 2.24) is 14.6 Å². The van der Waals surface area contributed by atoms with Gasteiger partial charge in [-0.3, -0.25) is 14.0 Å². The number of pyridine rings is 1. The molecule has 0 fully saturated rings. The molecule has 0 saturated carbocycles. The zero-order chi connectivity index (χ0) is 20.2. The highest BCUT2D eigenvalue weighted by Crippen LogP contribution is 2.22. The Morgan fingerprint density at radius 3 is 2.59 bits per heavy atom. The minimum absolute atomic E-state index is 0.0381. The van der Waals surface area contributed by atoms with E-state index in [0.29, 0.717) is 17.1 Å². The van der Waals surface area contributed by atoms with Gasteiger partial charge in [-0.2, -0.15) is 0 Å². The van der Waals surface area contributed by atoms with Gasteiger partial charge < -0.3 is 5.32 Å². The summed E-state index contributed by atoms with van der Waals surface area (Å²) in [5.74, 6) is 0.462. The van der Waals surface area contributed by atoms with E-state index in [1.54, 1.807) is 12.1 Å². The van der Waals surface area contributed by atoms with Gasteiger partial charge in [0.2, 0.25) is 5.91 Å². The first-order chi connectivity index (χ1) is 14.1. The van der Waals surface area contributed by atoms with Crippen molar-refractivity contribution >= 4 is 23.0 Å². The molecule has 0 atom stereocenters. The number of amides is 1. The quantitative estimate of drug-likeness (QED) is 0.503. The standard InChI is InChI=1S/C23H20N4O2/c1-16-8-10-17(11-9-16)20(28)12-13-22(29)24-19-6-4-5-18(15-19)23-26-25-21-7-2-3-14-27(21)23/h2-11,14-15H,12-13H2,1H3,(H,24,29). The summed E-state index contributed by atoms with van der Waals surface area (Å²) in [6.45, 7) is 1.97. The van der Waals surface area contributed by atoms with Crippen LogP contribution in [0, 0.1) is 6.92 Å². The van der Waals surface area contributed by atoms with Gasteiger partial charge in [-0.1, -0.05) is 48.0 Å². The molecule has 1 amide bonds. The summed E-state index contributed by atoms with van der Waals surface area (Å²) in [6, 6.07) is 20.5. The van der Waals surface area contributed by atoms with E-state index in [0.717, 1.165) is 16.8 Å². The highest BCUT2D eigenvalue weighted by Gasteiger charge is 2.11. The van der Waals surface area contributed by atoms with E-state index < -0.39 is 0 Å². The number of aryl methyl sites for hydroxylation is 1. The molecule has 0 spiro atoms. The largest absolute Gasteiger partial charge is 0.326 e. The van der Waals surface area contributed by atoms with Crippen molar-refractivity contribution in [1.29, 1.82) is 0 Å². The molecule has 0 bridgehead atoms. The number of hydrogen-bond acceptors (Lipinski definition) is 4. The van der Waals surface area contributed by atoms with Crippen molar-refractivity contribution in [3.8, 4) is 11.4 Å². The minimum atomic E-state index is -0.200. The van der Waals surface area contributed by atoms with Crippen LogP contribution < -0.4 is 5.32 Å². The Morgan fingerprint density at radius 1 is 0.931 bits per heavy atom. The molecule has 2 heterocycles. The number of ketones is 1. The van der Waals surface area contributed by atoms with Gasteiger partial charge in [-0.25, -0.2) is 0 Å². The Bertz CT molecular complexity index is 1180. The van der Waals surface area contributed by atoms with Crippen LogP contribution in [0.4, 0.5) is 5.69 Å². The lowest BCUT2D eigenvalue weighted by Crippen LogP contribution is -2.13. The highest BCUT2D eigenvalue weighted by atomic mass is 16.2. The van der Waals surface area contributed by atoms with Gasteiger partial charge in [-0.05, 0) is 31.2 Å². The number of benzene rings is 2. The molecule has 0 radical (unpaired) electrons. The van der Waals surface area contributed by atoms with Crippen molar-refractivity contribution in [2.24, 2.45) is 0 Å². The summed E-state index contributed by atoms with van der Waals surface area (Å²) >= 11 is 0. The SMILES string of the molecule is Cc1ccc(C(=O)CCC(=O)Nc2cccc(-c3nnc4ccccn34)c2)cc1. The van der Waals surface area contributed by atoms with Gasteiger partial charge in [0.15, 0.2) is 17.3 Å². The Balaban J connectivity index is 1.42. The third-order valence-corrected chi connectivity index (χ3v) is 4.67. The molecule has 0 aliphatic carbocycles. The summed E-state index contributed by atoms with van der Waals surface area (Å²) < 4.78 is 1.89. The average Bonchev–Trinajstić information content (AvgIpc) is 3.17. The van der Waals surface area contributed by atoms with Crippen LogP contribution in [0.25, 0.3) is 17.0 Å². The van der Waals surface area contributed by atoms with Crippen LogP contribution in [-0.4, -0.2) is 26.3 Å². The maximum absolute atomic E-state index is 12.3. The van der Waals surface area contributed by atoms with Crippen molar-refractivity contribution in [2.75, 3.05) is 5.32 Å². The van der Waals surface area contributed by atoms with Crippen molar-refractivity contribution in [3.63, 3.8) is 0 Å². The predicted octanol–water partition coefficient (Wildman–Crippen LogP) is 4.31. The molecule has 2 aromatic heterocycles. The molecule has 4 aromatic rings. The van der Waals surface area contributed by atoms with Gasteiger partial charge in [0.05, 0.1) is 0 Å². The number of nitrogens with zero attached hydrogens (tertiary/aromatic N) is 3. The van der Waals surface area contributed by atoms with Crippen LogP contribution in [0.3, 0.4) is 0 Å². The number of rotatable bonds is 6. The smallest absolute Gasteiger partial charge is 0.224 e. The van der Waals surface area contributed by atoms with Crippen LogP contribution in [0.1, 0.15) is 28.8 Å². The summed E-state index contributed by atoms with van der Waals surface area (Å²) in [5.41, 5.74) is 3.98. The molecule has 0 unspecified atom stereocenters. The first kappa shape index (κ1) is 18.6. The molecule has 0 aliphatic heterocycles. The van der Waals surface area contributed by atoms with Crippen LogP contribution in [-0.2, 0) is 4.79 Å². The van der Waals surface area contributed by atoms with E-state index in [-0.39, 0.29) is 24.5 Å². The predicted molar refractivity (Wildman–Crippen MR) is 112 cm³/mol. The third-order valence-electron chi connectivity index (χ3n) is 4.67. The molecule has 1 N–H and O–H groups in total. The fourth-order valence-corrected chi connectivity index (χ4v) is 3.11.